The van der Waals surface area contributed by atoms with Gasteiger partial charge in [-0.1, -0.05) is 187 Å². The third-order valence-electron chi connectivity index (χ3n) is 16.8. The quantitative estimate of drug-likeness (QED) is 0.142. The van der Waals surface area contributed by atoms with E-state index in [9.17, 15) is 1.37 Å². The summed E-state index contributed by atoms with van der Waals surface area (Å²) in [5.41, 5.74) is 14.5. The monoisotopic (exact) mass is 1050 g/mol. The molecule has 0 unspecified atom stereocenters. The van der Waals surface area contributed by atoms with Gasteiger partial charge in [0.05, 0.1) is 32.3 Å². The summed E-state index contributed by atoms with van der Waals surface area (Å²) in [6.07, 6.45) is 3.15. The van der Waals surface area contributed by atoms with Gasteiger partial charge >= 0.3 is 6.01 Å². The summed E-state index contributed by atoms with van der Waals surface area (Å²) < 4.78 is 68.2. The van der Waals surface area contributed by atoms with Crippen LogP contribution >= 0.6 is 0 Å². The van der Waals surface area contributed by atoms with Gasteiger partial charge in [0.2, 0.25) is 11.4 Å². The van der Waals surface area contributed by atoms with Crippen LogP contribution in [0.4, 0.5) is 22.7 Å². The van der Waals surface area contributed by atoms with E-state index in [1.807, 2.05) is 34.9 Å². The summed E-state index contributed by atoms with van der Waals surface area (Å²) in [6.45, 7) is 25.8. The van der Waals surface area contributed by atoms with E-state index in [-0.39, 0.29) is 45.5 Å². The van der Waals surface area contributed by atoms with E-state index in [1.165, 1.54) is 11.1 Å². The molecule has 0 radical (unpaired) electrons. The van der Waals surface area contributed by atoms with E-state index < -0.39 is 17.7 Å². The summed E-state index contributed by atoms with van der Waals surface area (Å²) >= 11 is 0. The Morgan fingerprint density at radius 2 is 1.20 bits per heavy atom. The van der Waals surface area contributed by atoms with Crippen molar-refractivity contribution in [3.63, 3.8) is 0 Å². The summed E-state index contributed by atoms with van der Waals surface area (Å²) in [6, 6.07) is 58.6. The van der Waals surface area contributed by atoms with Crippen LogP contribution < -0.4 is 13.9 Å². The highest BCUT2D eigenvalue weighted by Gasteiger charge is 2.41. The lowest BCUT2D eigenvalue weighted by Crippen LogP contribution is -2.34. The molecular weight excluding hydrogens is 973 g/mol. The number of ether oxygens (including phenoxy) is 1. The molecule has 0 fully saturated rings. The van der Waals surface area contributed by atoms with E-state index in [2.05, 4.69) is 226 Å². The molecule has 5 heteroatoms. The molecule has 0 N–H and O–H groups in total. The Kier molecular flexibility index (Phi) is 10.9. The standard InChI is InChI=1S/C75H76N4O/c1-48-41-68(76-46-62(48)60-27-20-28-63-69(60)75(13,14)40-39-74(63,11)12)79-64-38-35-53(73(8,9)10)43-61(64)59-37-36-56(45-67(59)79)80-55-24-18-23-54(44-55)77-47-78(66-30-16-15-29-65(66)77)70-57(49-31-33-51(34-32-49)71(2,3)4)25-19-26-58(70)50-21-17-22-52(42-50)72(5,6)7/h15-38,41-46H,39-40H2,1-14H3/q+2/i1D3,20D,27D,28D. The van der Waals surface area contributed by atoms with Crippen LogP contribution in [-0.4, -0.2) is 15.6 Å². The zero-order chi connectivity index (χ0) is 61.4. The van der Waals surface area contributed by atoms with Crippen molar-refractivity contribution in [2.24, 2.45) is 0 Å². The van der Waals surface area contributed by atoms with Gasteiger partial charge in [0.15, 0.2) is 0 Å². The smallest absolute Gasteiger partial charge is 0.457 e. The maximum Gasteiger partial charge on any atom is 0.503 e. The van der Waals surface area contributed by atoms with Gasteiger partial charge in [-0.05, 0) is 155 Å². The second-order valence-electron chi connectivity index (χ2n) is 26.6. The lowest BCUT2D eigenvalue weighted by atomic mass is 9.61. The number of para-hydroxylation sites is 3. The van der Waals surface area contributed by atoms with Gasteiger partial charge in [0.25, 0.3) is 11.4 Å². The number of aromatic nitrogens is 2. The average molecular weight is 1060 g/mol. The molecule has 0 atom stereocenters. The van der Waals surface area contributed by atoms with Crippen molar-refractivity contribution in [3.05, 3.63) is 215 Å². The van der Waals surface area contributed by atoms with Gasteiger partial charge in [0, 0.05) is 50.9 Å². The van der Waals surface area contributed by atoms with E-state index in [4.69, 9.17) is 16.6 Å². The summed E-state index contributed by atoms with van der Waals surface area (Å²) in [5, 5.41) is 1.92. The van der Waals surface area contributed by atoms with E-state index in [0.717, 1.165) is 90.8 Å². The first-order valence-electron chi connectivity index (χ1n) is 31.2. The minimum Gasteiger partial charge on any atom is -0.457 e. The molecule has 0 amide bonds. The Hall–Kier alpha value is -8.11. The lowest BCUT2D eigenvalue weighted by Gasteiger charge is -2.43. The first kappa shape index (κ1) is 45.7. The number of hydrogen-bond donors (Lipinski definition) is 0. The van der Waals surface area contributed by atoms with Crippen molar-refractivity contribution in [1.82, 2.24) is 18.7 Å². The molecule has 0 saturated carbocycles. The fraction of sp³-hybridized carbons (Fsp3) is 0.280. The maximum atomic E-state index is 9.42. The first-order valence-corrected chi connectivity index (χ1v) is 28.2. The van der Waals surface area contributed by atoms with Crippen molar-refractivity contribution in [2.75, 3.05) is 0 Å². The zero-order valence-electron chi connectivity index (χ0n) is 54.7. The molecular formula is C75H76N4O+2. The van der Waals surface area contributed by atoms with E-state index in [0.29, 0.717) is 28.4 Å². The Morgan fingerprint density at radius 1 is 0.550 bits per heavy atom. The molecule has 12 rings (SSSR count). The predicted octanol–water partition coefficient (Wildman–Crippen LogP) is 20.4. The topological polar surface area (TPSA) is 33.1 Å². The molecule has 1 aliphatic heterocycles. The molecule has 3 heterocycles. The molecule has 80 heavy (non-hydrogen) atoms. The zero-order valence-corrected chi connectivity index (χ0v) is 48.7. The van der Waals surface area contributed by atoms with Gasteiger partial charge in [0.1, 0.15) is 17.3 Å². The molecule has 0 spiro atoms. The van der Waals surface area contributed by atoms with Crippen LogP contribution in [0.5, 0.6) is 11.5 Å². The molecule has 0 bridgehead atoms. The number of aryl methyl sites for hydroxylation is 1. The second-order valence-corrected chi connectivity index (χ2v) is 26.6. The maximum absolute atomic E-state index is 9.42. The molecule has 8 aromatic carbocycles. The highest BCUT2D eigenvalue weighted by molar-refractivity contribution is 6.10. The van der Waals surface area contributed by atoms with Crippen LogP contribution in [0.1, 0.15) is 144 Å². The number of hydrogen-bond acceptors (Lipinski definition) is 2. The van der Waals surface area contributed by atoms with Crippen molar-refractivity contribution in [2.45, 2.75) is 137 Å². The molecule has 2 aromatic heterocycles. The van der Waals surface area contributed by atoms with Crippen LogP contribution in [0.3, 0.4) is 0 Å². The number of nitrogens with zero attached hydrogens (tertiary/aromatic N) is 4. The minimum absolute atomic E-state index is 0.00359. The van der Waals surface area contributed by atoms with Gasteiger partial charge < -0.3 is 4.74 Å². The molecule has 0 saturated heterocycles. The van der Waals surface area contributed by atoms with E-state index >= 15 is 0 Å². The highest BCUT2D eigenvalue weighted by atomic mass is 16.5. The molecule has 1 aliphatic carbocycles. The third-order valence-corrected chi connectivity index (χ3v) is 16.8. The molecule has 2 aliphatic rings. The Balaban J connectivity index is 1.00. The SMILES string of the molecule is [2H]c1c([2H])c(-c2cnc(-n3c4ccc(C(C)(C)C)cc4c4ccc(Oc5cccc([N+]6=C=[N+](c7c(-c8ccc(C(C)(C)C)cc8)cccc7-c7cccc(C(C)(C)C)c7)c7ccccc76)c5)cc43)cc2C([2H])([2H])[2H])c2c(c1[2H])C(C)(C)CCC2(C)C. The van der Waals surface area contributed by atoms with Gasteiger partial charge in [-0.2, -0.15) is 0 Å². The lowest BCUT2D eigenvalue weighted by molar-refractivity contribution is 0.333. The van der Waals surface area contributed by atoms with E-state index in [1.54, 1.807) is 12.3 Å². The number of fused-ring (bicyclic) bond motifs is 5. The van der Waals surface area contributed by atoms with Crippen molar-refractivity contribution < 1.29 is 13.0 Å². The van der Waals surface area contributed by atoms with Crippen molar-refractivity contribution in [1.29, 1.82) is 0 Å². The number of rotatable bonds is 8. The normalized spacial score (nSPS) is 16.2. The average Bonchev–Trinajstić information content (AvgIpc) is 0.883. The second kappa shape index (κ2) is 19.0. The largest absolute Gasteiger partial charge is 0.503 e. The van der Waals surface area contributed by atoms with Gasteiger partial charge in [-0.15, -0.1) is 0 Å². The Bertz CT molecular complexity index is 4500. The van der Waals surface area contributed by atoms with Crippen LogP contribution in [-0.2, 0) is 27.1 Å². The summed E-state index contributed by atoms with van der Waals surface area (Å²) in [4.78, 5) is 5.12. The minimum atomic E-state index is -2.64. The van der Waals surface area contributed by atoms with Gasteiger partial charge in [-0.25, -0.2) is 4.98 Å². The van der Waals surface area contributed by atoms with Crippen molar-refractivity contribution in [3.8, 4) is 50.7 Å². The Labute approximate surface area is 483 Å². The third kappa shape index (κ3) is 9.30. The van der Waals surface area contributed by atoms with Crippen LogP contribution in [0.25, 0.3) is 61.0 Å². The summed E-state index contributed by atoms with van der Waals surface area (Å²) in [7, 11) is 0. The first-order chi connectivity index (χ1) is 40.4. The predicted molar refractivity (Wildman–Crippen MR) is 338 cm³/mol. The fourth-order valence-electron chi connectivity index (χ4n) is 12.0. The highest BCUT2D eigenvalue weighted by Crippen LogP contribution is 2.51. The summed E-state index contributed by atoms with van der Waals surface area (Å²) in [5.74, 6) is 1.57. The number of pyridine rings is 1. The number of benzene rings is 8. The molecule has 400 valence electrons. The van der Waals surface area contributed by atoms with Gasteiger partial charge in [-0.3, -0.25) is 4.57 Å². The van der Waals surface area contributed by atoms with Crippen molar-refractivity contribution >= 4 is 50.6 Å². The molecule has 10 aromatic rings. The van der Waals surface area contributed by atoms with Crippen LogP contribution in [0.2, 0.25) is 0 Å². The van der Waals surface area contributed by atoms with Crippen LogP contribution in [0, 0.1) is 6.85 Å². The Morgan fingerprint density at radius 3 is 1.93 bits per heavy atom. The fourth-order valence-corrected chi connectivity index (χ4v) is 12.0. The van der Waals surface area contributed by atoms with Crippen LogP contribution in [0.15, 0.2) is 182 Å². The molecule has 5 nitrogen and oxygen atoms in total.